The van der Waals surface area contributed by atoms with Crippen LogP contribution in [0.3, 0.4) is 0 Å². The first-order valence-electron chi connectivity index (χ1n) is 5.02. The van der Waals surface area contributed by atoms with E-state index in [2.05, 4.69) is 29.1 Å². The molecule has 114 valence electrons. The molecule has 2 atom stereocenters. The lowest BCUT2D eigenvalue weighted by molar-refractivity contribution is -0.138. The summed E-state index contributed by atoms with van der Waals surface area (Å²) < 4.78 is 22.3. The molecule has 0 aliphatic carbocycles. The lowest BCUT2D eigenvalue weighted by atomic mass is 10.2. The molecule has 0 saturated heterocycles. The summed E-state index contributed by atoms with van der Waals surface area (Å²) >= 11 is 7.70. The Morgan fingerprint density at radius 2 is 1.84 bits per heavy atom. The fourth-order valence-electron chi connectivity index (χ4n) is 0.635. The molecule has 3 N–H and O–H groups in total. The number of carbonyl (C=O) groups excluding carboxylic acids is 1. The number of aliphatic carboxylic acids is 1. The maximum Gasteiger partial charge on any atom is 0.408 e. The molecule has 10 heteroatoms. The normalized spacial score (nSPS) is 15.3. The smallest absolute Gasteiger partial charge is 0.408 e. The zero-order valence-corrected chi connectivity index (χ0v) is 13.6. The Morgan fingerprint density at radius 1 is 1.47 bits per heavy atom. The maximum absolute atomic E-state index is 11.1. The molecule has 19 heavy (non-hydrogen) atoms. The van der Waals surface area contributed by atoms with E-state index in [1.807, 2.05) is 0 Å². The van der Waals surface area contributed by atoms with Crippen LogP contribution in [0.4, 0.5) is 4.79 Å². The first-order chi connectivity index (χ1) is 8.26. The van der Waals surface area contributed by atoms with Crippen molar-refractivity contribution < 1.29 is 28.2 Å². The van der Waals surface area contributed by atoms with Crippen molar-refractivity contribution in [1.82, 2.24) is 5.32 Å². The molecule has 1 amide bonds. The van der Waals surface area contributed by atoms with Gasteiger partial charge in [0, 0.05) is 23.2 Å². The quantitative estimate of drug-likeness (QED) is 0.563. The van der Waals surface area contributed by atoms with E-state index in [4.69, 9.17) is 14.4 Å². The molecule has 0 aliphatic rings. The third kappa shape index (κ3) is 19.9. The Labute approximate surface area is 123 Å². The second-order valence-corrected chi connectivity index (χ2v) is 8.14. The molecule has 0 aromatic carbocycles. The highest BCUT2D eigenvalue weighted by Gasteiger charge is 2.22. The van der Waals surface area contributed by atoms with Gasteiger partial charge in [-0.15, -0.1) is 0 Å². The van der Waals surface area contributed by atoms with Crippen molar-refractivity contribution in [3.8, 4) is 0 Å². The number of carbonyl (C=O) groups is 2. The van der Waals surface area contributed by atoms with Crippen molar-refractivity contribution in [3.05, 3.63) is 0 Å². The molecule has 0 bridgehead atoms. The molecular weight excluding hydrogens is 314 g/mol. The van der Waals surface area contributed by atoms with Crippen molar-refractivity contribution in [2.75, 3.05) is 12.0 Å². The van der Waals surface area contributed by atoms with E-state index >= 15 is 0 Å². The zero-order chi connectivity index (χ0) is 15.9. The number of nitrogens with one attached hydrogen (secondary N) is 1. The molecule has 0 aromatic rings. The number of rotatable bonds is 3. The first kappa shape index (κ1) is 20.7. The highest BCUT2D eigenvalue weighted by molar-refractivity contribution is 8.29. The largest absolute Gasteiger partial charge is 0.480 e. The van der Waals surface area contributed by atoms with Gasteiger partial charge < -0.3 is 19.7 Å². The monoisotopic (exact) mass is 333 g/mol. The summed E-state index contributed by atoms with van der Waals surface area (Å²) in [5, 5.41) is 10.8. The second kappa shape index (κ2) is 8.56. The molecule has 0 fully saturated rings. The molecule has 0 heterocycles. The molecule has 0 saturated carbocycles. The first-order valence-corrected chi connectivity index (χ1v) is 8.50. The van der Waals surface area contributed by atoms with Crippen LogP contribution >= 0.6 is 12.6 Å². The summed E-state index contributed by atoms with van der Waals surface area (Å²) in [6.45, 7) is 5.09. The molecule has 1 unspecified atom stereocenters. The number of thiol groups is 1. The Kier molecular flexibility index (Phi) is 9.34. The fraction of sp³-hybridized carbons (Fsp3) is 0.778. The van der Waals surface area contributed by atoms with Gasteiger partial charge in [0.15, 0.2) is 0 Å². The minimum absolute atomic E-state index is 0.0224. The summed E-state index contributed by atoms with van der Waals surface area (Å²) in [5.41, 5.74) is -0.635. The van der Waals surface area contributed by atoms with Crippen molar-refractivity contribution in [3.63, 3.8) is 0 Å². The minimum Gasteiger partial charge on any atom is -0.480 e. The number of amides is 1. The lowest BCUT2D eigenvalue weighted by Crippen LogP contribution is -2.44. The Bertz CT molecular complexity index is 393. The van der Waals surface area contributed by atoms with Gasteiger partial charge in [0.2, 0.25) is 0 Å². The van der Waals surface area contributed by atoms with Gasteiger partial charge in [0.1, 0.15) is 20.4 Å². The molecule has 0 radical (unpaired) electrons. The predicted octanol–water partition coefficient (Wildman–Crippen LogP) is 0.730. The predicted molar refractivity (Wildman–Crippen MR) is 78.7 cm³/mol. The van der Waals surface area contributed by atoms with Crippen LogP contribution in [-0.4, -0.2) is 49.6 Å². The molecule has 0 spiro atoms. The number of ether oxygens (including phenoxy) is 1. The van der Waals surface area contributed by atoms with Crippen molar-refractivity contribution in [1.29, 1.82) is 0 Å². The van der Waals surface area contributed by atoms with Crippen LogP contribution in [0.25, 0.3) is 0 Å². The average molecular weight is 333 g/mol. The summed E-state index contributed by atoms with van der Waals surface area (Å²) in [6, 6.07) is -1.02. The molecule has 0 aliphatic heterocycles. The van der Waals surface area contributed by atoms with Crippen LogP contribution in [0.2, 0.25) is 0 Å². The van der Waals surface area contributed by atoms with E-state index in [-0.39, 0.29) is 5.75 Å². The van der Waals surface area contributed by atoms with Gasteiger partial charge in [-0.05, 0) is 20.8 Å². The standard InChI is InChI=1S/C8H15NO4S.CH4O2S2/c1-8(2,3)13-7(12)9-5(4-14)6(10)11;1-5(2,3)4/h5,14H,4H2,1-3H3,(H,9,12)(H,10,11);1H3,(H,2,3,4)/t5-;/m0./s1. The average Bonchev–Trinajstić information content (AvgIpc) is 2.07. The van der Waals surface area contributed by atoms with Crippen LogP contribution in [0.1, 0.15) is 20.8 Å². The third-order valence-electron chi connectivity index (χ3n) is 1.17. The summed E-state index contributed by atoms with van der Waals surface area (Å²) in [6.07, 6.45) is 0.335. The van der Waals surface area contributed by atoms with E-state index in [1.54, 1.807) is 20.8 Å². The lowest BCUT2D eigenvalue weighted by Gasteiger charge is -2.21. The molecule has 7 nitrogen and oxygen atoms in total. The van der Waals surface area contributed by atoms with Crippen LogP contribution in [0.15, 0.2) is 0 Å². The van der Waals surface area contributed by atoms with Crippen LogP contribution in [0, 0.1) is 0 Å². The van der Waals surface area contributed by atoms with E-state index in [1.165, 1.54) is 0 Å². The van der Waals surface area contributed by atoms with Crippen LogP contribution in [-0.2, 0) is 29.5 Å². The SMILES string of the molecule is CC(C)(C)OC(=O)N[C@@H](CS)C(=O)O.CS(=O)(O)=S. The van der Waals surface area contributed by atoms with E-state index in [9.17, 15) is 13.8 Å². The Balaban J connectivity index is 0. The maximum atomic E-state index is 11.1. The number of carboxylic acids is 1. The van der Waals surface area contributed by atoms with E-state index in [0.717, 1.165) is 6.26 Å². The van der Waals surface area contributed by atoms with Gasteiger partial charge >= 0.3 is 12.1 Å². The van der Waals surface area contributed by atoms with Crippen molar-refractivity contribution in [2.45, 2.75) is 32.4 Å². The summed E-state index contributed by atoms with van der Waals surface area (Å²) in [4.78, 5) is 21.6. The van der Waals surface area contributed by atoms with Crippen molar-refractivity contribution >= 4 is 44.7 Å². The summed E-state index contributed by atoms with van der Waals surface area (Å²) in [7, 11) is -2.83. The highest BCUT2D eigenvalue weighted by atomic mass is 32.8. The number of carboxylic acid groups (broad SMARTS) is 1. The van der Waals surface area contributed by atoms with Gasteiger partial charge in [0.05, 0.1) is 0 Å². The minimum atomic E-state index is -2.83. The van der Waals surface area contributed by atoms with Gasteiger partial charge in [-0.1, -0.05) is 0 Å². The molecular formula is C9H19NO6S3. The van der Waals surface area contributed by atoms with Gasteiger partial charge in [0.25, 0.3) is 0 Å². The molecule has 0 rings (SSSR count). The van der Waals surface area contributed by atoms with Gasteiger partial charge in [-0.3, -0.25) is 0 Å². The number of hydrogen-bond donors (Lipinski definition) is 4. The second-order valence-electron chi connectivity index (χ2n) is 4.45. The van der Waals surface area contributed by atoms with Crippen molar-refractivity contribution in [2.24, 2.45) is 0 Å². The highest BCUT2D eigenvalue weighted by Crippen LogP contribution is 2.06. The zero-order valence-electron chi connectivity index (χ0n) is 11.1. The Hall–Kier alpha value is -0.580. The topological polar surface area (TPSA) is 113 Å². The molecule has 0 aromatic heterocycles. The fourth-order valence-corrected chi connectivity index (χ4v) is 0.883. The Morgan fingerprint density at radius 3 is 2.05 bits per heavy atom. The van der Waals surface area contributed by atoms with Crippen LogP contribution < -0.4 is 5.32 Å². The third-order valence-corrected chi connectivity index (χ3v) is 1.54. The number of hydrogen-bond acceptors (Lipinski definition) is 6. The van der Waals surface area contributed by atoms with E-state index in [0.29, 0.717) is 0 Å². The number of alkyl carbamates (subject to hydrolysis) is 1. The van der Waals surface area contributed by atoms with Gasteiger partial charge in [-0.2, -0.15) is 12.6 Å². The van der Waals surface area contributed by atoms with E-state index < -0.39 is 32.5 Å². The van der Waals surface area contributed by atoms with Gasteiger partial charge in [-0.25, -0.2) is 13.8 Å². The van der Waals surface area contributed by atoms with Crippen LogP contribution in [0.5, 0.6) is 0 Å². The summed E-state index contributed by atoms with van der Waals surface area (Å²) in [5.74, 6) is -1.11.